The highest BCUT2D eigenvalue weighted by Crippen LogP contribution is 2.19. The molecule has 1 heterocycles. The molecule has 2 aromatic rings. The molecule has 2 unspecified atom stereocenters. The summed E-state index contributed by atoms with van der Waals surface area (Å²) < 4.78 is 0. The van der Waals surface area contributed by atoms with Crippen LogP contribution in [-0.4, -0.2) is 26.3 Å². The number of hydrogen-bond donors (Lipinski definition) is 3. The van der Waals surface area contributed by atoms with E-state index in [1.807, 2.05) is 0 Å². The van der Waals surface area contributed by atoms with Gasteiger partial charge in [-0.1, -0.05) is 6.07 Å². The molecule has 17 heavy (non-hydrogen) atoms. The van der Waals surface area contributed by atoms with Gasteiger partial charge in [0.25, 0.3) is 5.56 Å². The van der Waals surface area contributed by atoms with Crippen LogP contribution in [0, 0.1) is 11.3 Å². The highest BCUT2D eigenvalue weighted by Gasteiger charge is 2.18. The first-order valence-corrected chi connectivity index (χ1v) is 4.86. The van der Waals surface area contributed by atoms with Crippen molar-refractivity contribution < 1.29 is 10.2 Å². The van der Waals surface area contributed by atoms with Gasteiger partial charge < -0.3 is 15.2 Å². The zero-order valence-corrected chi connectivity index (χ0v) is 8.66. The van der Waals surface area contributed by atoms with Gasteiger partial charge in [0.1, 0.15) is 6.10 Å². The summed E-state index contributed by atoms with van der Waals surface area (Å²) in [6.07, 6.45) is -1.57. The van der Waals surface area contributed by atoms with Crippen molar-refractivity contribution in [1.29, 1.82) is 5.26 Å². The van der Waals surface area contributed by atoms with E-state index in [1.54, 1.807) is 0 Å². The lowest BCUT2D eigenvalue weighted by Gasteiger charge is -2.11. The molecule has 0 saturated heterocycles. The predicted octanol–water partition coefficient (Wildman–Crippen LogP) is -0.159. The molecule has 1 aromatic heterocycles. The zero-order chi connectivity index (χ0) is 12.4. The van der Waals surface area contributed by atoms with E-state index in [0.29, 0.717) is 16.5 Å². The topological polar surface area (TPSA) is 110 Å². The van der Waals surface area contributed by atoms with Crippen molar-refractivity contribution in [2.45, 2.75) is 12.2 Å². The molecule has 0 radical (unpaired) electrons. The highest BCUT2D eigenvalue weighted by molar-refractivity contribution is 5.77. The number of nitrogens with zero attached hydrogens (tertiary/aromatic N) is 2. The Balaban J connectivity index is 2.53. The van der Waals surface area contributed by atoms with Crippen LogP contribution in [0.5, 0.6) is 0 Å². The van der Waals surface area contributed by atoms with E-state index < -0.39 is 12.2 Å². The van der Waals surface area contributed by atoms with E-state index in [0.717, 1.165) is 0 Å². The normalized spacial score (nSPS) is 14.2. The molecular weight excluding hydrogens is 222 g/mol. The fraction of sp³-hybridized carbons (Fsp3) is 0.182. The van der Waals surface area contributed by atoms with Crippen LogP contribution in [0.15, 0.2) is 29.3 Å². The fourth-order valence-corrected chi connectivity index (χ4v) is 1.52. The Bertz CT molecular complexity index is 644. The third-order valence-electron chi connectivity index (χ3n) is 2.44. The van der Waals surface area contributed by atoms with Crippen molar-refractivity contribution in [3.63, 3.8) is 0 Å². The summed E-state index contributed by atoms with van der Waals surface area (Å²) in [5.41, 5.74) is 0.456. The van der Waals surface area contributed by atoms with Crippen LogP contribution in [0.25, 0.3) is 10.9 Å². The number of aliphatic hydroxyl groups excluding tert-OH is 2. The van der Waals surface area contributed by atoms with Crippen molar-refractivity contribution in [3.8, 4) is 6.07 Å². The fourth-order valence-electron chi connectivity index (χ4n) is 1.52. The summed E-state index contributed by atoms with van der Waals surface area (Å²) in [6.45, 7) is 0. The van der Waals surface area contributed by atoms with Gasteiger partial charge in [-0.3, -0.25) is 4.79 Å². The quantitative estimate of drug-likeness (QED) is 0.622. The number of nitrogens with one attached hydrogen (secondary N) is 1. The van der Waals surface area contributed by atoms with Gasteiger partial charge >= 0.3 is 0 Å². The Hall–Kier alpha value is -2.23. The molecule has 0 aliphatic rings. The standard InChI is InChI=1S/C11H9N3O3/c12-4-9(15)10(16)6-1-2-7-8(3-6)13-5-14-11(7)17/h1-3,5,9-10,15-16H,(H,13,14,17). The Morgan fingerprint density at radius 1 is 1.41 bits per heavy atom. The van der Waals surface area contributed by atoms with Crippen LogP contribution in [0.4, 0.5) is 0 Å². The summed E-state index contributed by atoms with van der Waals surface area (Å²) in [5.74, 6) is 0. The van der Waals surface area contributed by atoms with Crippen LogP contribution >= 0.6 is 0 Å². The number of aromatic amines is 1. The summed E-state index contributed by atoms with van der Waals surface area (Å²) in [5, 5.41) is 27.7. The molecular formula is C11H9N3O3. The van der Waals surface area contributed by atoms with Gasteiger partial charge in [0.2, 0.25) is 0 Å². The van der Waals surface area contributed by atoms with Crippen LogP contribution in [0.2, 0.25) is 0 Å². The first-order chi connectivity index (χ1) is 8.13. The SMILES string of the molecule is N#CC(O)C(O)c1ccc2c(=O)[nH]cnc2c1. The molecule has 6 nitrogen and oxygen atoms in total. The lowest BCUT2D eigenvalue weighted by Crippen LogP contribution is -2.16. The molecule has 0 fully saturated rings. The number of rotatable bonds is 2. The van der Waals surface area contributed by atoms with E-state index in [1.165, 1.54) is 30.6 Å². The molecule has 1 aromatic carbocycles. The van der Waals surface area contributed by atoms with Gasteiger partial charge in [-0.15, -0.1) is 0 Å². The van der Waals surface area contributed by atoms with Gasteiger partial charge in [-0.2, -0.15) is 5.26 Å². The van der Waals surface area contributed by atoms with Gasteiger partial charge in [0.15, 0.2) is 6.10 Å². The molecule has 0 aliphatic carbocycles. The minimum absolute atomic E-state index is 0.281. The van der Waals surface area contributed by atoms with Crippen LogP contribution in [-0.2, 0) is 0 Å². The predicted molar refractivity (Wildman–Crippen MR) is 58.9 cm³/mol. The highest BCUT2D eigenvalue weighted by atomic mass is 16.3. The van der Waals surface area contributed by atoms with Gasteiger partial charge in [-0.25, -0.2) is 4.98 Å². The maximum absolute atomic E-state index is 11.4. The van der Waals surface area contributed by atoms with Crippen LogP contribution < -0.4 is 5.56 Å². The summed E-state index contributed by atoms with van der Waals surface area (Å²) in [7, 11) is 0. The van der Waals surface area contributed by atoms with Crippen LogP contribution in [0.3, 0.4) is 0 Å². The average molecular weight is 231 g/mol. The van der Waals surface area contributed by atoms with Crippen LogP contribution in [0.1, 0.15) is 11.7 Å². The largest absolute Gasteiger partial charge is 0.385 e. The number of aromatic nitrogens is 2. The summed E-state index contributed by atoms with van der Waals surface area (Å²) in [6, 6.07) is 5.97. The Labute approximate surface area is 95.8 Å². The maximum atomic E-state index is 11.4. The molecule has 0 saturated carbocycles. The Morgan fingerprint density at radius 2 is 2.18 bits per heavy atom. The molecule has 2 rings (SSSR count). The number of H-pyrrole nitrogens is 1. The minimum Gasteiger partial charge on any atom is -0.385 e. The third-order valence-corrected chi connectivity index (χ3v) is 2.44. The molecule has 3 N–H and O–H groups in total. The average Bonchev–Trinajstić information content (AvgIpc) is 2.37. The lowest BCUT2D eigenvalue weighted by molar-refractivity contribution is 0.0529. The van der Waals surface area contributed by atoms with Gasteiger partial charge in [-0.05, 0) is 17.7 Å². The van der Waals surface area contributed by atoms with Crippen molar-refractivity contribution >= 4 is 10.9 Å². The van der Waals surface area contributed by atoms with E-state index >= 15 is 0 Å². The number of aliphatic hydroxyl groups is 2. The van der Waals surface area contributed by atoms with Crippen molar-refractivity contribution in [1.82, 2.24) is 9.97 Å². The monoisotopic (exact) mass is 231 g/mol. The number of benzene rings is 1. The molecule has 6 heteroatoms. The molecule has 2 atom stereocenters. The number of nitriles is 1. The number of hydrogen-bond acceptors (Lipinski definition) is 5. The van der Waals surface area contributed by atoms with Gasteiger partial charge in [0, 0.05) is 0 Å². The smallest absolute Gasteiger partial charge is 0.258 e. The second-order valence-electron chi connectivity index (χ2n) is 3.53. The first kappa shape index (κ1) is 11.3. The first-order valence-electron chi connectivity index (χ1n) is 4.86. The molecule has 0 bridgehead atoms. The maximum Gasteiger partial charge on any atom is 0.258 e. The second kappa shape index (κ2) is 4.33. The van der Waals surface area contributed by atoms with Gasteiger partial charge in [0.05, 0.1) is 23.3 Å². The van der Waals surface area contributed by atoms with Crippen molar-refractivity contribution in [2.24, 2.45) is 0 Å². The third kappa shape index (κ3) is 2.01. The lowest BCUT2D eigenvalue weighted by atomic mass is 10.0. The molecule has 0 aliphatic heterocycles. The Morgan fingerprint density at radius 3 is 2.88 bits per heavy atom. The van der Waals surface area contributed by atoms with Crippen molar-refractivity contribution in [2.75, 3.05) is 0 Å². The van der Waals surface area contributed by atoms with Crippen molar-refractivity contribution in [3.05, 3.63) is 40.4 Å². The zero-order valence-electron chi connectivity index (χ0n) is 8.66. The van der Waals surface area contributed by atoms with E-state index in [-0.39, 0.29) is 5.56 Å². The summed E-state index contributed by atoms with van der Waals surface area (Å²) >= 11 is 0. The molecule has 0 spiro atoms. The molecule has 0 amide bonds. The number of fused-ring (bicyclic) bond motifs is 1. The second-order valence-corrected chi connectivity index (χ2v) is 3.53. The van der Waals surface area contributed by atoms with E-state index in [9.17, 15) is 15.0 Å². The van der Waals surface area contributed by atoms with E-state index in [4.69, 9.17) is 5.26 Å². The molecule has 86 valence electrons. The Kier molecular flexibility index (Phi) is 2.87. The summed E-state index contributed by atoms with van der Waals surface area (Å²) in [4.78, 5) is 17.8. The van der Waals surface area contributed by atoms with E-state index in [2.05, 4.69) is 9.97 Å². The minimum atomic E-state index is -1.51.